The van der Waals surface area contributed by atoms with Gasteiger partial charge in [0.15, 0.2) is 0 Å². The maximum atomic E-state index is 13.1. The van der Waals surface area contributed by atoms with Crippen LogP contribution in [0.3, 0.4) is 0 Å². The van der Waals surface area contributed by atoms with Crippen LogP contribution in [0, 0.1) is 0 Å². The highest BCUT2D eigenvalue weighted by Crippen LogP contribution is 2.41. The van der Waals surface area contributed by atoms with Gasteiger partial charge in [0.25, 0.3) is 5.78 Å². The molecule has 0 spiro atoms. The van der Waals surface area contributed by atoms with Gasteiger partial charge in [-0.15, -0.1) is 0 Å². The van der Waals surface area contributed by atoms with Gasteiger partial charge in [-0.1, -0.05) is 34.1 Å². The SMILES string of the molecule is CC(C)Oc1ccc(/C(O)=C2\C(=O)C(=O)N(c3ccccn3)[C@H]2c2ccc(Br)cc2)cc1. The lowest BCUT2D eigenvalue weighted by molar-refractivity contribution is -0.132. The Balaban J connectivity index is 1.85. The number of halogens is 1. The van der Waals surface area contributed by atoms with Crippen molar-refractivity contribution in [3.05, 3.63) is 94.1 Å². The van der Waals surface area contributed by atoms with Gasteiger partial charge in [-0.3, -0.25) is 14.5 Å². The second-order valence-electron chi connectivity index (χ2n) is 7.60. The molecule has 0 radical (unpaired) electrons. The number of aromatic nitrogens is 1. The van der Waals surface area contributed by atoms with Gasteiger partial charge >= 0.3 is 5.91 Å². The molecule has 0 bridgehead atoms. The number of aliphatic hydroxyl groups excluding tert-OH is 1. The van der Waals surface area contributed by atoms with Crippen LogP contribution in [0.25, 0.3) is 5.76 Å². The normalized spacial score (nSPS) is 17.8. The van der Waals surface area contributed by atoms with Gasteiger partial charge in [-0.05, 0) is 67.9 Å². The Bertz CT molecular complexity index is 1170. The molecule has 1 atom stereocenters. The van der Waals surface area contributed by atoms with Crippen LogP contribution in [0.5, 0.6) is 5.75 Å². The summed E-state index contributed by atoms with van der Waals surface area (Å²) in [4.78, 5) is 31.7. The fourth-order valence-electron chi connectivity index (χ4n) is 3.64. The molecule has 1 fully saturated rings. The van der Waals surface area contributed by atoms with Gasteiger partial charge in [0, 0.05) is 16.2 Å². The Morgan fingerprint density at radius 1 is 1.03 bits per heavy atom. The summed E-state index contributed by atoms with van der Waals surface area (Å²) in [5.41, 5.74) is 1.11. The van der Waals surface area contributed by atoms with Crippen molar-refractivity contribution in [3.63, 3.8) is 0 Å². The first-order valence-electron chi connectivity index (χ1n) is 10.1. The summed E-state index contributed by atoms with van der Waals surface area (Å²) in [5, 5.41) is 11.1. The molecule has 1 aliphatic rings. The van der Waals surface area contributed by atoms with E-state index in [9.17, 15) is 14.7 Å². The van der Waals surface area contributed by atoms with E-state index in [4.69, 9.17) is 4.74 Å². The first-order chi connectivity index (χ1) is 15.4. The Morgan fingerprint density at radius 2 is 1.72 bits per heavy atom. The highest BCUT2D eigenvalue weighted by Gasteiger charge is 2.47. The van der Waals surface area contributed by atoms with Crippen molar-refractivity contribution in [2.75, 3.05) is 4.90 Å². The first kappa shape index (κ1) is 21.8. The maximum absolute atomic E-state index is 13.1. The third-order valence-corrected chi connectivity index (χ3v) is 5.55. The fourth-order valence-corrected chi connectivity index (χ4v) is 3.91. The molecule has 1 saturated heterocycles. The van der Waals surface area contributed by atoms with Crippen LogP contribution in [-0.4, -0.2) is 27.9 Å². The minimum absolute atomic E-state index is 0.00977. The van der Waals surface area contributed by atoms with Crippen molar-refractivity contribution in [3.8, 4) is 5.75 Å². The van der Waals surface area contributed by atoms with E-state index in [0.717, 1.165) is 4.47 Å². The minimum atomic E-state index is -0.815. The van der Waals surface area contributed by atoms with Crippen LogP contribution < -0.4 is 9.64 Å². The molecular weight excluding hydrogens is 472 g/mol. The Hall–Kier alpha value is -3.45. The number of carbonyl (C=O) groups excluding carboxylic acids is 2. The Kier molecular flexibility index (Phi) is 6.10. The van der Waals surface area contributed by atoms with E-state index in [1.54, 1.807) is 48.7 Å². The van der Waals surface area contributed by atoms with Crippen LogP contribution in [0.15, 0.2) is 83.0 Å². The van der Waals surface area contributed by atoms with E-state index in [0.29, 0.717) is 22.7 Å². The van der Waals surface area contributed by atoms with Crippen molar-refractivity contribution in [1.29, 1.82) is 0 Å². The number of Topliss-reactive ketones (excluding diaryl/α,β-unsaturated/α-hetero) is 1. The van der Waals surface area contributed by atoms with Gasteiger partial charge < -0.3 is 9.84 Å². The zero-order chi connectivity index (χ0) is 22.8. The number of carbonyl (C=O) groups is 2. The second-order valence-corrected chi connectivity index (χ2v) is 8.52. The van der Waals surface area contributed by atoms with Crippen LogP contribution in [-0.2, 0) is 9.59 Å². The predicted molar refractivity (Wildman–Crippen MR) is 125 cm³/mol. The number of pyridine rings is 1. The van der Waals surface area contributed by atoms with E-state index in [1.165, 1.54) is 4.90 Å². The lowest BCUT2D eigenvalue weighted by Gasteiger charge is -2.24. The molecule has 32 heavy (non-hydrogen) atoms. The van der Waals surface area contributed by atoms with E-state index in [-0.39, 0.29) is 17.4 Å². The summed E-state index contributed by atoms with van der Waals surface area (Å²) in [6.45, 7) is 3.84. The van der Waals surface area contributed by atoms with Crippen LogP contribution in [0.1, 0.15) is 31.0 Å². The second kappa shape index (κ2) is 8.96. The number of ketones is 1. The number of hydrogen-bond acceptors (Lipinski definition) is 5. The van der Waals surface area contributed by atoms with Crippen molar-refractivity contribution in [2.45, 2.75) is 26.0 Å². The van der Waals surface area contributed by atoms with Crippen LogP contribution in [0.2, 0.25) is 0 Å². The molecule has 7 heteroatoms. The summed E-state index contributed by atoms with van der Waals surface area (Å²) < 4.78 is 6.51. The first-order valence-corrected chi connectivity index (χ1v) is 10.9. The number of benzene rings is 2. The molecule has 2 aromatic carbocycles. The lowest BCUT2D eigenvalue weighted by Crippen LogP contribution is -2.30. The topological polar surface area (TPSA) is 79.7 Å². The van der Waals surface area contributed by atoms with Gasteiger partial charge in [0.1, 0.15) is 17.3 Å². The Morgan fingerprint density at radius 3 is 2.31 bits per heavy atom. The smallest absolute Gasteiger partial charge is 0.301 e. The summed E-state index contributed by atoms with van der Waals surface area (Å²) >= 11 is 3.41. The van der Waals surface area contributed by atoms with Crippen molar-refractivity contribution >= 4 is 39.2 Å². The van der Waals surface area contributed by atoms with E-state index in [2.05, 4.69) is 20.9 Å². The molecule has 0 saturated carbocycles. The molecular formula is C25H21BrN2O4. The third kappa shape index (κ3) is 4.16. The van der Waals surface area contributed by atoms with Crippen LogP contribution in [0.4, 0.5) is 5.82 Å². The molecule has 3 aromatic rings. The largest absolute Gasteiger partial charge is 0.507 e. The fraction of sp³-hybridized carbons (Fsp3) is 0.160. The Labute approximate surface area is 194 Å². The van der Waals surface area contributed by atoms with Gasteiger partial charge in [-0.2, -0.15) is 0 Å². The van der Waals surface area contributed by atoms with Gasteiger partial charge in [0.05, 0.1) is 17.7 Å². The highest BCUT2D eigenvalue weighted by molar-refractivity contribution is 9.10. The van der Waals surface area contributed by atoms with E-state index in [1.807, 2.05) is 38.1 Å². The molecule has 2 heterocycles. The third-order valence-electron chi connectivity index (χ3n) is 5.03. The van der Waals surface area contributed by atoms with Crippen molar-refractivity contribution < 1.29 is 19.4 Å². The maximum Gasteiger partial charge on any atom is 0.301 e. The predicted octanol–water partition coefficient (Wildman–Crippen LogP) is 5.26. The van der Waals surface area contributed by atoms with Gasteiger partial charge in [0.2, 0.25) is 0 Å². The number of anilines is 1. The van der Waals surface area contributed by atoms with Gasteiger partial charge in [-0.25, -0.2) is 4.98 Å². The molecule has 0 aliphatic carbocycles. The average Bonchev–Trinajstić information content (AvgIpc) is 3.05. The number of nitrogens with zero attached hydrogens (tertiary/aromatic N) is 2. The number of aliphatic hydroxyl groups is 1. The summed E-state index contributed by atoms with van der Waals surface area (Å²) in [6, 6.07) is 18.4. The minimum Gasteiger partial charge on any atom is -0.507 e. The number of ether oxygens (including phenoxy) is 1. The van der Waals surface area contributed by atoms with E-state index >= 15 is 0 Å². The summed E-state index contributed by atoms with van der Waals surface area (Å²) in [6.07, 6.45) is 1.57. The van der Waals surface area contributed by atoms with Crippen molar-refractivity contribution in [2.24, 2.45) is 0 Å². The van der Waals surface area contributed by atoms with Crippen molar-refractivity contribution in [1.82, 2.24) is 4.98 Å². The number of rotatable bonds is 5. The number of amides is 1. The molecule has 1 aromatic heterocycles. The standard InChI is InChI=1S/C25H21BrN2O4/c1-15(2)32-19-12-8-17(9-13-19)23(29)21-22(16-6-10-18(26)11-7-16)28(25(31)24(21)30)20-5-3-4-14-27-20/h3-15,22,29H,1-2H3/b23-21+/t22-/m0/s1. The quantitative estimate of drug-likeness (QED) is 0.298. The zero-order valence-electron chi connectivity index (χ0n) is 17.5. The molecule has 6 nitrogen and oxygen atoms in total. The van der Waals surface area contributed by atoms with E-state index < -0.39 is 17.7 Å². The summed E-state index contributed by atoms with van der Waals surface area (Å²) in [5.74, 6) is -0.760. The molecule has 1 aliphatic heterocycles. The zero-order valence-corrected chi connectivity index (χ0v) is 19.1. The van der Waals surface area contributed by atoms with Crippen LogP contribution >= 0.6 is 15.9 Å². The lowest BCUT2D eigenvalue weighted by atomic mass is 9.95. The highest BCUT2D eigenvalue weighted by atomic mass is 79.9. The molecule has 162 valence electrons. The molecule has 1 N–H and O–H groups in total. The number of hydrogen-bond donors (Lipinski definition) is 1. The summed E-state index contributed by atoms with van der Waals surface area (Å²) in [7, 11) is 0. The molecule has 0 unspecified atom stereocenters. The monoisotopic (exact) mass is 492 g/mol. The molecule has 4 rings (SSSR count). The molecule has 1 amide bonds. The average molecular weight is 493 g/mol.